The quantitative estimate of drug-likeness (QED) is 0.867. The number of aromatic nitrogens is 1. The second-order valence-corrected chi connectivity index (χ2v) is 3.36. The molecule has 6 nitrogen and oxygen atoms in total. The minimum Gasteiger partial charge on any atom is -0.504 e. The van der Waals surface area contributed by atoms with Crippen molar-refractivity contribution in [1.29, 1.82) is 0 Å². The Bertz CT molecular complexity index is 607. The van der Waals surface area contributed by atoms with Gasteiger partial charge in [0.1, 0.15) is 5.69 Å². The van der Waals surface area contributed by atoms with Crippen LogP contribution in [0.3, 0.4) is 0 Å². The van der Waals surface area contributed by atoms with E-state index in [0.29, 0.717) is 0 Å². The van der Waals surface area contributed by atoms with Gasteiger partial charge < -0.3 is 19.5 Å². The van der Waals surface area contributed by atoms with Crippen LogP contribution in [0.2, 0.25) is 0 Å². The third kappa shape index (κ3) is 1.86. The molecule has 0 amide bonds. The minimum atomic E-state index is -1.31. The van der Waals surface area contributed by atoms with Crippen LogP contribution in [0.4, 0.5) is 4.39 Å². The SMILES string of the molecule is COc1c(O)ccc(-c2cc(C(=O)O)on2)c1F. The number of ether oxygens (including phenoxy) is 1. The molecule has 0 aliphatic carbocycles. The Labute approximate surface area is 100 Å². The number of benzene rings is 1. The lowest BCUT2D eigenvalue weighted by Gasteiger charge is -2.06. The fourth-order valence-electron chi connectivity index (χ4n) is 1.44. The lowest BCUT2D eigenvalue weighted by molar-refractivity contribution is 0.0652. The van der Waals surface area contributed by atoms with Gasteiger partial charge in [0.15, 0.2) is 17.3 Å². The molecule has 0 saturated carbocycles. The van der Waals surface area contributed by atoms with Gasteiger partial charge in [-0.3, -0.25) is 0 Å². The molecule has 2 rings (SSSR count). The van der Waals surface area contributed by atoms with E-state index in [4.69, 9.17) is 9.84 Å². The maximum Gasteiger partial charge on any atom is 0.374 e. The summed E-state index contributed by atoms with van der Waals surface area (Å²) in [6, 6.07) is 3.54. The lowest BCUT2D eigenvalue weighted by Crippen LogP contribution is -1.93. The van der Waals surface area contributed by atoms with Crippen molar-refractivity contribution in [3.05, 3.63) is 29.8 Å². The average Bonchev–Trinajstić information content (AvgIpc) is 2.79. The van der Waals surface area contributed by atoms with Crippen LogP contribution in [-0.4, -0.2) is 28.4 Å². The number of rotatable bonds is 3. The van der Waals surface area contributed by atoms with Crippen molar-refractivity contribution in [2.45, 2.75) is 0 Å². The van der Waals surface area contributed by atoms with Gasteiger partial charge in [-0.15, -0.1) is 0 Å². The second kappa shape index (κ2) is 4.36. The predicted molar refractivity (Wildman–Crippen MR) is 57.1 cm³/mol. The molecule has 2 aromatic rings. The number of carboxylic acid groups (broad SMARTS) is 1. The van der Waals surface area contributed by atoms with Crippen molar-refractivity contribution in [2.75, 3.05) is 7.11 Å². The summed E-state index contributed by atoms with van der Waals surface area (Å²) >= 11 is 0. The number of hydrogen-bond donors (Lipinski definition) is 2. The molecule has 2 N–H and O–H groups in total. The molecule has 0 saturated heterocycles. The van der Waals surface area contributed by atoms with Crippen molar-refractivity contribution in [3.8, 4) is 22.8 Å². The van der Waals surface area contributed by atoms with Crippen LogP contribution in [0.15, 0.2) is 22.7 Å². The highest BCUT2D eigenvalue weighted by Crippen LogP contribution is 2.35. The molecular formula is C11H8FNO5. The number of carboxylic acids is 1. The normalized spacial score (nSPS) is 10.3. The van der Waals surface area contributed by atoms with Gasteiger partial charge in [-0.25, -0.2) is 9.18 Å². The van der Waals surface area contributed by atoms with Crippen LogP contribution >= 0.6 is 0 Å². The highest BCUT2D eigenvalue weighted by Gasteiger charge is 2.19. The van der Waals surface area contributed by atoms with Gasteiger partial charge in [-0.05, 0) is 12.1 Å². The van der Waals surface area contributed by atoms with E-state index >= 15 is 0 Å². The monoisotopic (exact) mass is 253 g/mol. The highest BCUT2D eigenvalue weighted by molar-refractivity contribution is 5.85. The van der Waals surface area contributed by atoms with Gasteiger partial charge in [0, 0.05) is 11.6 Å². The Balaban J connectivity index is 2.53. The highest BCUT2D eigenvalue weighted by atomic mass is 19.1. The summed E-state index contributed by atoms with van der Waals surface area (Å²) in [4.78, 5) is 10.6. The average molecular weight is 253 g/mol. The smallest absolute Gasteiger partial charge is 0.374 e. The summed E-state index contributed by atoms with van der Waals surface area (Å²) in [7, 11) is 1.20. The van der Waals surface area contributed by atoms with Gasteiger partial charge in [-0.1, -0.05) is 5.16 Å². The number of carbonyl (C=O) groups is 1. The Morgan fingerprint density at radius 3 is 2.78 bits per heavy atom. The number of phenols is 1. The molecule has 0 aliphatic heterocycles. The van der Waals surface area contributed by atoms with Crippen molar-refractivity contribution in [1.82, 2.24) is 5.16 Å². The zero-order valence-electron chi connectivity index (χ0n) is 9.18. The maximum atomic E-state index is 13.9. The first-order chi connectivity index (χ1) is 8.54. The van der Waals surface area contributed by atoms with E-state index < -0.39 is 17.5 Å². The predicted octanol–water partition coefficient (Wildman–Crippen LogP) is 1.89. The summed E-state index contributed by atoms with van der Waals surface area (Å²) in [5, 5.41) is 21.5. The first-order valence-corrected chi connectivity index (χ1v) is 4.80. The summed E-state index contributed by atoms with van der Waals surface area (Å²) < 4.78 is 23.1. The number of methoxy groups -OCH3 is 1. The van der Waals surface area contributed by atoms with Crippen molar-refractivity contribution < 1.29 is 28.7 Å². The van der Waals surface area contributed by atoms with Gasteiger partial charge in [0.25, 0.3) is 0 Å². The number of nitrogens with zero attached hydrogens (tertiary/aromatic N) is 1. The molecular weight excluding hydrogens is 245 g/mol. The van der Waals surface area contributed by atoms with Crippen LogP contribution in [-0.2, 0) is 0 Å². The lowest BCUT2D eigenvalue weighted by atomic mass is 10.1. The van der Waals surface area contributed by atoms with Crippen molar-refractivity contribution >= 4 is 5.97 Å². The Kier molecular flexibility index (Phi) is 2.88. The molecule has 1 aromatic heterocycles. The Morgan fingerprint density at radius 2 is 2.22 bits per heavy atom. The molecule has 0 bridgehead atoms. The maximum absolute atomic E-state index is 13.9. The van der Waals surface area contributed by atoms with Gasteiger partial charge in [0.05, 0.1) is 7.11 Å². The van der Waals surface area contributed by atoms with Crippen molar-refractivity contribution in [2.24, 2.45) is 0 Å². The van der Waals surface area contributed by atoms with E-state index in [2.05, 4.69) is 9.68 Å². The zero-order chi connectivity index (χ0) is 13.3. The first-order valence-electron chi connectivity index (χ1n) is 4.80. The first kappa shape index (κ1) is 11.9. The van der Waals surface area contributed by atoms with Crippen LogP contribution in [0.1, 0.15) is 10.6 Å². The second-order valence-electron chi connectivity index (χ2n) is 3.36. The summed E-state index contributed by atoms with van der Waals surface area (Å²) in [6.07, 6.45) is 0. The molecule has 0 fully saturated rings. The fraction of sp³-hybridized carbons (Fsp3) is 0.0909. The van der Waals surface area contributed by atoms with Gasteiger partial charge in [-0.2, -0.15) is 0 Å². The van der Waals surface area contributed by atoms with Crippen LogP contribution in [0.25, 0.3) is 11.3 Å². The van der Waals surface area contributed by atoms with E-state index in [-0.39, 0.29) is 22.8 Å². The number of hydrogen-bond acceptors (Lipinski definition) is 5. The largest absolute Gasteiger partial charge is 0.504 e. The Morgan fingerprint density at radius 1 is 1.50 bits per heavy atom. The molecule has 0 unspecified atom stereocenters. The molecule has 0 spiro atoms. The van der Waals surface area contributed by atoms with Gasteiger partial charge >= 0.3 is 5.97 Å². The molecule has 0 atom stereocenters. The summed E-state index contributed by atoms with van der Waals surface area (Å²) in [6.45, 7) is 0. The molecule has 0 radical (unpaired) electrons. The fourth-order valence-corrected chi connectivity index (χ4v) is 1.44. The Hall–Kier alpha value is -2.57. The van der Waals surface area contributed by atoms with Gasteiger partial charge in [0.2, 0.25) is 5.76 Å². The third-order valence-corrected chi connectivity index (χ3v) is 2.28. The number of phenolic OH excluding ortho intramolecular Hbond substituents is 1. The van der Waals surface area contributed by atoms with E-state index in [9.17, 15) is 14.3 Å². The molecule has 18 heavy (non-hydrogen) atoms. The molecule has 0 aliphatic rings. The van der Waals surface area contributed by atoms with E-state index in [0.717, 1.165) is 6.07 Å². The number of aromatic hydroxyl groups is 1. The molecule has 1 aromatic carbocycles. The topological polar surface area (TPSA) is 92.8 Å². The minimum absolute atomic E-state index is 0.00296. The number of halogens is 1. The van der Waals surface area contributed by atoms with E-state index in [1.54, 1.807) is 0 Å². The third-order valence-electron chi connectivity index (χ3n) is 2.28. The summed E-state index contributed by atoms with van der Waals surface area (Å²) in [5.74, 6) is -3.26. The van der Waals surface area contributed by atoms with E-state index in [1.807, 2.05) is 0 Å². The van der Waals surface area contributed by atoms with E-state index in [1.165, 1.54) is 19.2 Å². The van der Waals surface area contributed by atoms with Crippen molar-refractivity contribution in [3.63, 3.8) is 0 Å². The molecule has 1 heterocycles. The number of aromatic carboxylic acids is 1. The zero-order valence-corrected chi connectivity index (χ0v) is 9.18. The standard InChI is InChI=1S/C11H8FNO5/c1-17-10-7(14)3-2-5(9(10)12)6-4-8(11(15)16)18-13-6/h2-4,14H,1H3,(H,15,16). The summed E-state index contributed by atoms with van der Waals surface area (Å²) in [5.41, 5.74) is -0.0240. The molecule has 94 valence electrons. The molecule has 7 heteroatoms. The van der Waals surface area contributed by atoms with Crippen LogP contribution < -0.4 is 4.74 Å². The van der Waals surface area contributed by atoms with Crippen LogP contribution in [0.5, 0.6) is 11.5 Å². The van der Waals surface area contributed by atoms with Crippen LogP contribution in [0, 0.1) is 5.82 Å².